The van der Waals surface area contributed by atoms with E-state index >= 15 is 0 Å². The lowest BCUT2D eigenvalue weighted by atomic mass is 9.92. The average Bonchev–Trinajstić information content (AvgIpc) is 2.97. The van der Waals surface area contributed by atoms with Gasteiger partial charge in [-0.25, -0.2) is 4.79 Å². The van der Waals surface area contributed by atoms with E-state index in [0.29, 0.717) is 19.6 Å². The van der Waals surface area contributed by atoms with Crippen molar-refractivity contribution in [3.05, 3.63) is 35.9 Å². The van der Waals surface area contributed by atoms with Crippen molar-refractivity contribution in [3.8, 4) is 0 Å². The summed E-state index contributed by atoms with van der Waals surface area (Å²) in [7, 11) is 0. The lowest BCUT2D eigenvalue weighted by Crippen LogP contribution is -2.52. The number of hydrogen-bond acceptors (Lipinski definition) is 3. The molecule has 1 fully saturated rings. The topological polar surface area (TPSA) is 87.5 Å². The first-order chi connectivity index (χ1) is 10.4. The molecule has 2 unspecified atom stereocenters. The van der Waals surface area contributed by atoms with Crippen molar-refractivity contribution in [2.75, 3.05) is 19.6 Å². The van der Waals surface area contributed by atoms with E-state index in [1.165, 1.54) is 0 Å². The molecule has 1 aliphatic rings. The minimum atomic E-state index is -1.08. The van der Waals surface area contributed by atoms with Crippen LogP contribution in [0.4, 0.5) is 4.79 Å². The van der Waals surface area contributed by atoms with Gasteiger partial charge in [0.25, 0.3) is 0 Å². The molecule has 0 aromatic heterocycles. The summed E-state index contributed by atoms with van der Waals surface area (Å²) in [6.07, 6.45) is 0.744. The highest BCUT2D eigenvalue weighted by Crippen LogP contribution is 2.19. The SMILES string of the molecule is CCNC(=O)N1CCC(NC(=O)C(C)(N)c2ccccc2)C1.Cl. The predicted molar refractivity (Wildman–Crippen MR) is 92.4 cm³/mol. The molecule has 0 radical (unpaired) electrons. The lowest BCUT2D eigenvalue weighted by molar-refractivity contribution is -0.126. The number of carbonyl (C=O) groups is 2. The van der Waals surface area contributed by atoms with Crippen LogP contribution in [0, 0.1) is 0 Å². The number of nitrogens with zero attached hydrogens (tertiary/aromatic N) is 1. The van der Waals surface area contributed by atoms with E-state index in [4.69, 9.17) is 5.73 Å². The minimum absolute atomic E-state index is 0. The second-order valence-corrected chi connectivity index (χ2v) is 5.81. The third kappa shape index (κ3) is 4.59. The molecule has 2 atom stereocenters. The summed E-state index contributed by atoms with van der Waals surface area (Å²) in [4.78, 5) is 26.0. The Morgan fingerprint density at radius 1 is 1.35 bits per heavy atom. The van der Waals surface area contributed by atoms with Crippen LogP contribution in [0.15, 0.2) is 30.3 Å². The molecule has 1 aromatic carbocycles. The fourth-order valence-electron chi connectivity index (χ4n) is 2.58. The Morgan fingerprint density at radius 2 is 2.00 bits per heavy atom. The summed E-state index contributed by atoms with van der Waals surface area (Å²) in [6.45, 7) is 5.34. The molecule has 6 nitrogen and oxygen atoms in total. The molecule has 1 heterocycles. The van der Waals surface area contributed by atoms with Crippen molar-refractivity contribution in [2.45, 2.75) is 31.8 Å². The Kier molecular flexibility index (Phi) is 6.84. The number of rotatable bonds is 4. The molecule has 3 amide bonds. The molecule has 0 bridgehead atoms. The van der Waals surface area contributed by atoms with Gasteiger partial charge in [0.15, 0.2) is 0 Å². The molecule has 23 heavy (non-hydrogen) atoms. The molecular weight excluding hydrogens is 316 g/mol. The van der Waals surface area contributed by atoms with Crippen LogP contribution in [-0.2, 0) is 10.3 Å². The number of hydrogen-bond donors (Lipinski definition) is 3. The molecule has 7 heteroatoms. The zero-order valence-electron chi connectivity index (χ0n) is 13.5. The molecule has 0 aliphatic carbocycles. The number of likely N-dealkylation sites (tertiary alicyclic amines) is 1. The highest BCUT2D eigenvalue weighted by molar-refractivity contribution is 5.87. The quantitative estimate of drug-likeness (QED) is 0.769. The van der Waals surface area contributed by atoms with E-state index in [9.17, 15) is 9.59 Å². The molecule has 0 spiro atoms. The minimum Gasteiger partial charge on any atom is -0.350 e. The molecule has 1 aromatic rings. The van der Waals surface area contributed by atoms with Crippen molar-refractivity contribution in [2.24, 2.45) is 5.73 Å². The predicted octanol–water partition coefficient (Wildman–Crippen LogP) is 1.20. The first-order valence-electron chi connectivity index (χ1n) is 7.63. The van der Waals surface area contributed by atoms with Gasteiger partial charge in [-0.15, -0.1) is 12.4 Å². The second-order valence-electron chi connectivity index (χ2n) is 5.81. The summed E-state index contributed by atoms with van der Waals surface area (Å²) in [5.41, 5.74) is 5.88. The summed E-state index contributed by atoms with van der Waals surface area (Å²) < 4.78 is 0. The normalized spacial score (nSPS) is 19.4. The van der Waals surface area contributed by atoms with Crippen LogP contribution < -0.4 is 16.4 Å². The largest absolute Gasteiger partial charge is 0.350 e. The number of amides is 3. The molecule has 1 saturated heterocycles. The Labute approximate surface area is 143 Å². The Hall–Kier alpha value is -1.79. The summed E-state index contributed by atoms with van der Waals surface area (Å²) in [5.74, 6) is -0.221. The first kappa shape index (κ1) is 19.3. The van der Waals surface area contributed by atoms with Gasteiger partial charge in [0.05, 0.1) is 0 Å². The third-order valence-corrected chi connectivity index (χ3v) is 3.98. The fourth-order valence-corrected chi connectivity index (χ4v) is 2.58. The van der Waals surface area contributed by atoms with E-state index in [0.717, 1.165) is 12.0 Å². The summed E-state index contributed by atoms with van der Waals surface area (Å²) in [6, 6.07) is 9.16. The zero-order chi connectivity index (χ0) is 16.2. The van der Waals surface area contributed by atoms with Gasteiger partial charge in [-0.3, -0.25) is 4.79 Å². The molecule has 1 aliphatic heterocycles. The summed E-state index contributed by atoms with van der Waals surface area (Å²) >= 11 is 0. The average molecular weight is 341 g/mol. The van der Waals surface area contributed by atoms with Crippen LogP contribution in [0.2, 0.25) is 0 Å². The third-order valence-electron chi connectivity index (χ3n) is 3.98. The van der Waals surface area contributed by atoms with Crippen LogP contribution in [0.3, 0.4) is 0 Å². The maximum Gasteiger partial charge on any atom is 0.317 e. The Balaban J connectivity index is 0.00000264. The van der Waals surface area contributed by atoms with Crippen molar-refractivity contribution in [1.29, 1.82) is 0 Å². The second kappa shape index (κ2) is 8.17. The summed E-state index contributed by atoms with van der Waals surface area (Å²) in [5, 5.41) is 5.73. The molecular formula is C16H25ClN4O2. The van der Waals surface area contributed by atoms with E-state index in [1.54, 1.807) is 11.8 Å². The van der Waals surface area contributed by atoms with Crippen molar-refractivity contribution < 1.29 is 9.59 Å². The highest BCUT2D eigenvalue weighted by atomic mass is 35.5. The van der Waals surface area contributed by atoms with Gasteiger partial charge in [-0.05, 0) is 25.8 Å². The van der Waals surface area contributed by atoms with Gasteiger partial charge >= 0.3 is 6.03 Å². The lowest BCUT2D eigenvalue weighted by Gasteiger charge is -2.26. The number of nitrogens with two attached hydrogens (primary N) is 1. The monoisotopic (exact) mass is 340 g/mol. The number of halogens is 1. The standard InChI is InChI=1S/C16H24N4O2.ClH/c1-3-18-15(22)20-10-9-13(11-20)19-14(21)16(2,17)12-7-5-4-6-8-12;/h4-8,13H,3,9-11,17H2,1-2H3,(H,18,22)(H,19,21);1H. The first-order valence-corrected chi connectivity index (χ1v) is 7.63. The Morgan fingerprint density at radius 3 is 2.61 bits per heavy atom. The molecule has 4 N–H and O–H groups in total. The Bertz CT molecular complexity index is 536. The van der Waals surface area contributed by atoms with Crippen LogP contribution in [-0.4, -0.2) is 42.5 Å². The van der Waals surface area contributed by atoms with E-state index in [2.05, 4.69) is 10.6 Å². The van der Waals surface area contributed by atoms with Crippen LogP contribution in [0.1, 0.15) is 25.8 Å². The zero-order valence-corrected chi connectivity index (χ0v) is 14.4. The molecule has 0 saturated carbocycles. The van der Waals surface area contributed by atoms with Gasteiger partial charge in [-0.1, -0.05) is 30.3 Å². The van der Waals surface area contributed by atoms with Crippen LogP contribution >= 0.6 is 12.4 Å². The number of nitrogens with one attached hydrogen (secondary N) is 2. The van der Waals surface area contributed by atoms with Crippen LogP contribution in [0.5, 0.6) is 0 Å². The van der Waals surface area contributed by atoms with Gasteiger partial charge in [0.1, 0.15) is 5.54 Å². The van der Waals surface area contributed by atoms with Crippen LogP contribution in [0.25, 0.3) is 0 Å². The van der Waals surface area contributed by atoms with Crippen molar-refractivity contribution >= 4 is 24.3 Å². The maximum absolute atomic E-state index is 12.5. The number of carbonyl (C=O) groups excluding carboxylic acids is 2. The van der Waals surface area contributed by atoms with Gasteiger partial charge in [0, 0.05) is 25.7 Å². The fraction of sp³-hybridized carbons (Fsp3) is 0.500. The number of benzene rings is 1. The molecule has 2 rings (SSSR count). The smallest absolute Gasteiger partial charge is 0.317 e. The number of urea groups is 1. The van der Waals surface area contributed by atoms with Crippen molar-refractivity contribution in [3.63, 3.8) is 0 Å². The van der Waals surface area contributed by atoms with Gasteiger partial charge in [-0.2, -0.15) is 0 Å². The van der Waals surface area contributed by atoms with E-state index < -0.39 is 5.54 Å². The van der Waals surface area contributed by atoms with E-state index in [-0.39, 0.29) is 30.4 Å². The maximum atomic E-state index is 12.5. The van der Waals surface area contributed by atoms with E-state index in [1.807, 2.05) is 37.3 Å². The highest BCUT2D eigenvalue weighted by Gasteiger charge is 2.34. The van der Waals surface area contributed by atoms with Gasteiger partial charge < -0.3 is 21.3 Å². The molecule has 128 valence electrons. The van der Waals surface area contributed by atoms with Crippen molar-refractivity contribution in [1.82, 2.24) is 15.5 Å². The van der Waals surface area contributed by atoms with Gasteiger partial charge in [0.2, 0.25) is 5.91 Å².